The van der Waals surface area contributed by atoms with Crippen LogP contribution >= 0.6 is 7.82 Å². The van der Waals surface area contributed by atoms with Crippen molar-refractivity contribution in [2.24, 2.45) is 0 Å². The first-order valence-electron chi connectivity index (χ1n) is 19.9. The fourth-order valence-corrected chi connectivity index (χ4v) is 6.08. The van der Waals surface area contributed by atoms with Gasteiger partial charge >= 0.3 is 11.9 Å². The van der Waals surface area contributed by atoms with Gasteiger partial charge in [0.15, 0.2) is 6.10 Å². The van der Waals surface area contributed by atoms with Gasteiger partial charge in [-0.25, -0.2) is 0 Å². The summed E-state index contributed by atoms with van der Waals surface area (Å²) < 4.78 is 33.8. The Hall–Kier alpha value is -1.25. The van der Waals surface area contributed by atoms with E-state index in [1.165, 1.54) is 89.9 Å². The SMILES string of the molecule is CCCCCC/C=C\CCCCCCCC(=O)OC(COC(=O)CCCCCCCCCCCCCC)COP(=O)([O-])OCC[N+](C)(C)C. The predicted molar refractivity (Wildman–Crippen MR) is 199 cm³/mol. The standard InChI is InChI=1S/C39H76NO8P/c1-6-8-10-12-14-16-18-20-22-24-26-28-30-32-39(42)48-37(36-47-49(43,44)46-34-33-40(3,4)5)35-45-38(41)31-29-27-25-23-21-19-17-15-13-11-9-7-2/h16,18,37H,6-15,17,19-36H2,1-5H3/b18-16-. The van der Waals surface area contributed by atoms with Crippen molar-refractivity contribution >= 4 is 19.8 Å². The normalized spacial score (nSPS) is 13.8. The number of esters is 2. The number of carbonyl (C=O) groups excluding carboxylic acids is 2. The van der Waals surface area contributed by atoms with Crippen LogP contribution < -0.4 is 4.89 Å². The third-order valence-electron chi connectivity index (χ3n) is 8.54. The van der Waals surface area contributed by atoms with E-state index in [2.05, 4.69) is 26.0 Å². The molecule has 290 valence electrons. The Kier molecular flexibility index (Phi) is 31.8. The number of quaternary nitrogens is 1. The van der Waals surface area contributed by atoms with E-state index in [1.807, 2.05) is 21.1 Å². The Labute approximate surface area is 301 Å². The number of ether oxygens (including phenoxy) is 2. The van der Waals surface area contributed by atoms with Crippen LogP contribution in [0.2, 0.25) is 0 Å². The first kappa shape index (κ1) is 47.8. The predicted octanol–water partition coefficient (Wildman–Crippen LogP) is 10.00. The molecule has 0 bridgehead atoms. The van der Waals surface area contributed by atoms with Crippen LogP contribution in [0.5, 0.6) is 0 Å². The van der Waals surface area contributed by atoms with Crippen molar-refractivity contribution in [2.75, 3.05) is 47.5 Å². The number of allylic oxidation sites excluding steroid dienone is 2. The molecule has 9 nitrogen and oxygen atoms in total. The minimum Gasteiger partial charge on any atom is -0.756 e. The van der Waals surface area contributed by atoms with Crippen molar-refractivity contribution in [1.82, 2.24) is 0 Å². The van der Waals surface area contributed by atoms with E-state index in [4.69, 9.17) is 18.5 Å². The number of nitrogens with zero attached hydrogens (tertiary/aromatic N) is 1. The zero-order valence-electron chi connectivity index (χ0n) is 32.4. The van der Waals surface area contributed by atoms with Crippen LogP contribution in [0, 0.1) is 0 Å². The van der Waals surface area contributed by atoms with E-state index in [9.17, 15) is 19.0 Å². The van der Waals surface area contributed by atoms with Gasteiger partial charge in [0.05, 0.1) is 27.7 Å². The molecule has 0 aliphatic rings. The molecule has 49 heavy (non-hydrogen) atoms. The largest absolute Gasteiger partial charge is 0.756 e. The molecule has 0 saturated carbocycles. The third kappa shape index (κ3) is 36.3. The maximum Gasteiger partial charge on any atom is 0.306 e. The lowest BCUT2D eigenvalue weighted by Crippen LogP contribution is -2.37. The van der Waals surface area contributed by atoms with Crippen molar-refractivity contribution in [3.05, 3.63) is 12.2 Å². The molecule has 0 saturated heterocycles. The lowest BCUT2D eigenvalue weighted by Gasteiger charge is -2.28. The Morgan fingerprint density at radius 2 is 1.04 bits per heavy atom. The number of rotatable bonds is 36. The number of hydrogen-bond donors (Lipinski definition) is 0. The first-order chi connectivity index (χ1) is 23.5. The maximum atomic E-state index is 12.6. The molecule has 0 aromatic rings. The minimum atomic E-state index is -4.61. The second-order valence-electron chi connectivity index (χ2n) is 14.7. The maximum absolute atomic E-state index is 12.6. The van der Waals surface area contributed by atoms with Gasteiger partial charge in [0.1, 0.15) is 19.8 Å². The van der Waals surface area contributed by atoms with Crippen molar-refractivity contribution in [3.8, 4) is 0 Å². The molecule has 0 N–H and O–H groups in total. The Bertz CT molecular complexity index is 860. The van der Waals surface area contributed by atoms with Crippen molar-refractivity contribution in [3.63, 3.8) is 0 Å². The number of carbonyl (C=O) groups is 2. The second-order valence-corrected chi connectivity index (χ2v) is 16.1. The second kappa shape index (κ2) is 32.6. The molecule has 0 aromatic carbocycles. The highest BCUT2D eigenvalue weighted by molar-refractivity contribution is 7.45. The van der Waals surface area contributed by atoms with E-state index in [1.54, 1.807) is 0 Å². The molecule has 0 fully saturated rings. The van der Waals surface area contributed by atoms with Crippen molar-refractivity contribution < 1.29 is 42.1 Å². The van der Waals surface area contributed by atoms with Crippen LogP contribution in [0.25, 0.3) is 0 Å². The summed E-state index contributed by atoms with van der Waals surface area (Å²) in [7, 11) is 1.17. The fraction of sp³-hybridized carbons (Fsp3) is 0.897. The monoisotopic (exact) mass is 718 g/mol. The van der Waals surface area contributed by atoms with Gasteiger partial charge in [-0.15, -0.1) is 0 Å². The molecular weight excluding hydrogens is 641 g/mol. The van der Waals surface area contributed by atoms with E-state index >= 15 is 0 Å². The van der Waals surface area contributed by atoms with Crippen LogP contribution in [-0.4, -0.2) is 70.0 Å². The average molecular weight is 718 g/mol. The first-order valence-corrected chi connectivity index (χ1v) is 21.4. The number of hydrogen-bond acceptors (Lipinski definition) is 8. The summed E-state index contributed by atoms with van der Waals surface area (Å²) in [4.78, 5) is 37.3. The molecule has 0 aromatic heterocycles. The fourth-order valence-electron chi connectivity index (χ4n) is 5.35. The van der Waals surface area contributed by atoms with Gasteiger partial charge in [-0.1, -0.05) is 135 Å². The van der Waals surface area contributed by atoms with E-state index < -0.39 is 26.5 Å². The summed E-state index contributed by atoms with van der Waals surface area (Å²) in [5.41, 5.74) is 0. The molecule has 0 radical (unpaired) electrons. The smallest absolute Gasteiger partial charge is 0.306 e. The number of phosphoric acid groups is 1. The number of unbranched alkanes of at least 4 members (excludes halogenated alkanes) is 20. The van der Waals surface area contributed by atoms with Gasteiger partial charge in [-0.3, -0.25) is 14.2 Å². The van der Waals surface area contributed by atoms with Crippen LogP contribution in [0.4, 0.5) is 0 Å². The zero-order valence-corrected chi connectivity index (χ0v) is 33.3. The van der Waals surface area contributed by atoms with Gasteiger partial charge < -0.3 is 27.9 Å². The van der Waals surface area contributed by atoms with Gasteiger partial charge in [0.2, 0.25) is 0 Å². The topological polar surface area (TPSA) is 111 Å². The van der Waals surface area contributed by atoms with Gasteiger partial charge in [0, 0.05) is 12.8 Å². The molecule has 2 unspecified atom stereocenters. The van der Waals surface area contributed by atoms with Crippen LogP contribution in [0.3, 0.4) is 0 Å². The lowest BCUT2D eigenvalue weighted by molar-refractivity contribution is -0.870. The molecule has 0 heterocycles. The van der Waals surface area contributed by atoms with E-state index in [0.717, 1.165) is 51.4 Å². The molecule has 0 spiro atoms. The van der Waals surface area contributed by atoms with Crippen molar-refractivity contribution in [1.29, 1.82) is 0 Å². The molecule has 0 aliphatic heterocycles. The molecule has 0 amide bonds. The average Bonchev–Trinajstić information content (AvgIpc) is 3.04. The highest BCUT2D eigenvalue weighted by Gasteiger charge is 2.21. The summed E-state index contributed by atoms with van der Waals surface area (Å²) in [6.07, 6.45) is 30.9. The lowest BCUT2D eigenvalue weighted by atomic mass is 10.0. The van der Waals surface area contributed by atoms with Gasteiger partial charge in [-0.05, 0) is 38.5 Å². The molecule has 10 heteroatoms. The Morgan fingerprint density at radius 3 is 1.53 bits per heavy atom. The third-order valence-corrected chi connectivity index (χ3v) is 9.50. The van der Waals surface area contributed by atoms with Gasteiger partial charge in [-0.2, -0.15) is 0 Å². The molecule has 0 aliphatic carbocycles. The van der Waals surface area contributed by atoms with Crippen LogP contribution in [0.1, 0.15) is 174 Å². The summed E-state index contributed by atoms with van der Waals surface area (Å²) in [5, 5.41) is 0. The zero-order chi connectivity index (χ0) is 36.5. The summed E-state index contributed by atoms with van der Waals surface area (Å²) in [5.74, 6) is -0.840. The highest BCUT2D eigenvalue weighted by atomic mass is 31.2. The minimum absolute atomic E-state index is 0.0297. The summed E-state index contributed by atoms with van der Waals surface area (Å²) >= 11 is 0. The molecule has 0 rings (SSSR count). The number of likely N-dealkylation sites (N-methyl/N-ethyl adjacent to an activating group) is 1. The Balaban J connectivity index is 4.42. The molecule has 2 atom stereocenters. The molecular formula is C39H76NO8P. The van der Waals surface area contributed by atoms with E-state index in [-0.39, 0.29) is 32.0 Å². The summed E-state index contributed by atoms with van der Waals surface area (Å²) in [6.45, 7) is 4.19. The summed E-state index contributed by atoms with van der Waals surface area (Å²) in [6, 6.07) is 0. The van der Waals surface area contributed by atoms with E-state index in [0.29, 0.717) is 17.4 Å². The van der Waals surface area contributed by atoms with Gasteiger partial charge in [0.25, 0.3) is 7.82 Å². The van der Waals surface area contributed by atoms with Crippen LogP contribution in [-0.2, 0) is 32.7 Å². The van der Waals surface area contributed by atoms with Crippen LogP contribution in [0.15, 0.2) is 12.2 Å². The number of phosphoric ester groups is 1. The highest BCUT2D eigenvalue weighted by Crippen LogP contribution is 2.38. The quantitative estimate of drug-likeness (QED) is 0.0207. The Morgan fingerprint density at radius 1 is 0.612 bits per heavy atom. The van der Waals surface area contributed by atoms with Crippen molar-refractivity contribution in [2.45, 2.75) is 180 Å².